The predicted molar refractivity (Wildman–Crippen MR) is 231 cm³/mol. The van der Waals surface area contributed by atoms with Crippen molar-refractivity contribution in [1.82, 2.24) is 25.4 Å². The highest BCUT2D eigenvalue weighted by Gasteiger charge is 2.39. The van der Waals surface area contributed by atoms with Crippen LogP contribution in [-0.2, 0) is 41.7 Å². The van der Waals surface area contributed by atoms with E-state index in [2.05, 4.69) is 15.6 Å². The van der Waals surface area contributed by atoms with Gasteiger partial charge >= 0.3 is 11.9 Å². The van der Waals surface area contributed by atoms with E-state index >= 15 is 0 Å². The number of ether oxygens (including phenoxy) is 2. The molecule has 3 aromatic rings. The van der Waals surface area contributed by atoms with Gasteiger partial charge in [-0.15, -0.1) is 11.3 Å². The van der Waals surface area contributed by atoms with Gasteiger partial charge in [0.05, 0.1) is 11.5 Å². The zero-order valence-electron chi connectivity index (χ0n) is 36.7. The SMILES string of the molecule is CC[C@H](C)[C@H](NC(=O)C(C)(C)N(C)C)C(=O)N(C)[C@H](C[C@@H](OC(=O)[C@H](C)N)c1nc(C(=O)N[C@@H](Cc2ccccc2)C[C@H](C)C(=O)OCc2ccccc2)cs1)C(C)C. The van der Waals surface area contributed by atoms with E-state index in [4.69, 9.17) is 15.2 Å². The van der Waals surface area contributed by atoms with E-state index in [1.54, 1.807) is 43.0 Å². The average Bonchev–Trinajstić information content (AvgIpc) is 3.70. The number of rotatable bonds is 22. The van der Waals surface area contributed by atoms with Crippen LogP contribution in [0.25, 0.3) is 0 Å². The second-order valence-electron chi connectivity index (χ2n) is 16.7. The van der Waals surface area contributed by atoms with Gasteiger partial charge in [0.15, 0.2) is 6.10 Å². The summed E-state index contributed by atoms with van der Waals surface area (Å²) in [7, 11) is 5.32. The van der Waals surface area contributed by atoms with Gasteiger partial charge in [-0.2, -0.15) is 0 Å². The van der Waals surface area contributed by atoms with Gasteiger partial charge in [0.25, 0.3) is 5.91 Å². The number of nitrogens with two attached hydrogens (primary N) is 1. The molecule has 0 aliphatic rings. The Labute approximate surface area is 354 Å². The number of carbonyl (C=O) groups excluding carboxylic acids is 5. The van der Waals surface area contributed by atoms with Gasteiger partial charge in [0.1, 0.15) is 29.4 Å². The zero-order valence-corrected chi connectivity index (χ0v) is 37.5. The maximum Gasteiger partial charge on any atom is 0.323 e. The van der Waals surface area contributed by atoms with E-state index in [1.165, 1.54) is 18.3 Å². The Balaban J connectivity index is 1.86. The molecule has 0 spiro atoms. The molecule has 0 aliphatic carbocycles. The lowest BCUT2D eigenvalue weighted by Crippen LogP contribution is -2.60. The Hall–Kier alpha value is -4.66. The Bertz CT molecular complexity index is 1820. The minimum Gasteiger partial charge on any atom is -0.461 e. The number of nitrogens with zero attached hydrogens (tertiary/aromatic N) is 3. The lowest BCUT2D eigenvalue weighted by atomic mass is 9.92. The number of benzene rings is 2. The van der Waals surface area contributed by atoms with Crippen LogP contribution in [-0.4, -0.2) is 95.3 Å². The number of carbonyl (C=O) groups is 5. The Morgan fingerprint density at radius 3 is 1.98 bits per heavy atom. The quantitative estimate of drug-likeness (QED) is 0.103. The van der Waals surface area contributed by atoms with E-state index in [9.17, 15) is 24.0 Å². The van der Waals surface area contributed by atoms with Crippen molar-refractivity contribution >= 4 is 41.0 Å². The summed E-state index contributed by atoms with van der Waals surface area (Å²) in [5.41, 5.74) is 7.07. The van der Waals surface area contributed by atoms with Crippen LogP contribution in [0.3, 0.4) is 0 Å². The molecule has 3 amide bonds. The topological polar surface area (TPSA) is 173 Å². The second-order valence-corrected chi connectivity index (χ2v) is 17.6. The van der Waals surface area contributed by atoms with Crippen LogP contribution in [0, 0.1) is 17.8 Å². The zero-order chi connectivity index (χ0) is 44.0. The molecule has 0 unspecified atom stereocenters. The van der Waals surface area contributed by atoms with Crippen molar-refractivity contribution < 1.29 is 33.4 Å². The van der Waals surface area contributed by atoms with Crippen molar-refractivity contribution in [3.63, 3.8) is 0 Å². The molecule has 1 heterocycles. The van der Waals surface area contributed by atoms with E-state index in [0.717, 1.165) is 11.1 Å². The molecule has 0 saturated carbocycles. The van der Waals surface area contributed by atoms with Gasteiger partial charge in [0, 0.05) is 30.9 Å². The normalized spacial score (nSPS) is 15.3. The molecule has 13 nitrogen and oxygen atoms in total. The number of likely N-dealkylation sites (N-methyl/N-ethyl adjacent to an activating group) is 2. The van der Waals surface area contributed by atoms with Gasteiger partial charge in [-0.05, 0) is 70.7 Å². The minimum absolute atomic E-state index is 0.102. The molecule has 2 aromatic carbocycles. The summed E-state index contributed by atoms with van der Waals surface area (Å²) in [6.07, 6.45) is 0.667. The predicted octanol–water partition coefficient (Wildman–Crippen LogP) is 5.93. The minimum atomic E-state index is -0.938. The number of aromatic nitrogens is 1. The molecule has 59 heavy (non-hydrogen) atoms. The molecule has 7 atom stereocenters. The number of nitrogens with one attached hydrogen (secondary N) is 2. The highest BCUT2D eigenvalue weighted by Crippen LogP contribution is 2.31. The van der Waals surface area contributed by atoms with Gasteiger partial charge < -0.3 is 30.7 Å². The molecular weight excluding hydrogens is 769 g/mol. The van der Waals surface area contributed by atoms with Crippen LogP contribution >= 0.6 is 11.3 Å². The molecule has 0 saturated heterocycles. The van der Waals surface area contributed by atoms with Crippen LogP contribution in [0.1, 0.15) is 107 Å². The largest absolute Gasteiger partial charge is 0.461 e. The van der Waals surface area contributed by atoms with Crippen LogP contribution in [0.2, 0.25) is 0 Å². The van der Waals surface area contributed by atoms with Crippen molar-refractivity contribution in [2.45, 2.75) is 123 Å². The summed E-state index contributed by atoms with van der Waals surface area (Å²) in [5.74, 6) is -2.78. The van der Waals surface area contributed by atoms with Gasteiger partial charge in [-0.3, -0.25) is 28.9 Å². The second kappa shape index (κ2) is 22.6. The van der Waals surface area contributed by atoms with Crippen molar-refractivity contribution in [3.8, 4) is 0 Å². The lowest BCUT2D eigenvalue weighted by Gasteiger charge is -2.38. The van der Waals surface area contributed by atoms with E-state index < -0.39 is 53.6 Å². The molecule has 0 fully saturated rings. The third-order valence-corrected chi connectivity index (χ3v) is 12.0. The Kier molecular flexibility index (Phi) is 18.7. The third-order valence-electron chi connectivity index (χ3n) is 11.1. The fourth-order valence-electron chi connectivity index (χ4n) is 6.42. The molecule has 1 aromatic heterocycles. The van der Waals surface area contributed by atoms with Crippen molar-refractivity contribution in [3.05, 3.63) is 87.9 Å². The van der Waals surface area contributed by atoms with E-state index in [-0.39, 0.29) is 48.3 Å². The maximum atomic E-state index is 14.3. The molecule has 324 valence electrons. The third kappa shape index (κ3) is 14.2. The summed E-state index contributed by atoms with van der Waals surface area (Å²) >= 11 is 1.17. The van der Waals surface area contributed by atoms with Crippen LogP contribution < -0.4 is 16.4 Å². The Morgan fingerprint density at radius 1 is 0.847 bits per heavy atom. The van der Waals surface area contributed by atoms with E-state index in [0.29, 0.717) is 24.3 Å². The number of hydrogen-bond acceptors (Lipinski definition) is 11. The van der Waals surface area contributed by atoms with Gasteiger partial charge in [0.2, 0.25) is 11.8 Å². The van der Waals surface area contributed by atoms with Gasteiger partial charge in [-0.25, -0.2) is 4.98 Å². The first-order chi connectivity index (χ1) is 27.8. The van der Waals surface area contributed by atoms with Gasteiger partial charge in [-0.1, -0.05) is 102 Å². The highest BCUT2D eigenvalue weighted by atomic mass is 32.1. The summed E-state index contributed by atoms with van der Waals surface area (Å²) < 4.78 is 11.5. The van der Waals surface area contributed by atoms with Crippen LogP contribution in [0.4, 0.5) is 0 Å². The molecule has 0 bridgehead atoms. The van der Waals surface area contributed by atoms with Crippen molar-refractivity contribution in [2.75, 3.05) is 21.1 Å². The summed E-state index contributed by atoms with van der Waals surface area (Å²) in [6, 6.07) is 16.5. The van der Waals surface area contributed by atoms with Crippen molar-refractivity contribution in [2.24, 2.45) is 23.5 Å². The molecular formula is C45H66N6O7S. The van der Waals surface area contributed by atoms with Crippen molar-refractivity contribution in [1.29, 1.82) is 0 Å². The summed E-state index contributed by atoms with van der Waals surface area (Å²) in [5, 5.41) is 8.08. The van der Waals surface area contributed by atoms with Crippen LogP contribution in [0.15, 0.2) is 66.0 Å². The van der Waals surface area contributed by atoms with E-state index in [1.807, 2.05) is 102 Å². The maximum absolute atomic E-state index is 14.3. The smallest absolute Gasteiger partial charge is 0.323 e. The molecule has 0 aliphatic heterocycles. The highest BCUT2D eigenvalue weighted by molar-refractivity contribution is 7.09. The van der Waals surface area contributed by atoms with Crippen LogP contribution in [0.5, 0.6) is 0 Å². The monoisotopic (exact) mass is 834 g/mol. The Morgan fingerprint density at radius 2 is 1.44 bits per heavy atom. The number of esters is 2. The summed E-state index contributed by atoms with van der Waals surface area (Å²) in [4.78, 5) is 75.8. The summed E-state index contributed by atoms with van der Waals surface area (Å²) in [6.45, 7) is 14.9. The fraction of sp³-hybridized carbons (Fsp3) is 0.556. The average molecular weight is 835 g/mol. The first-order valence-corrected chi connectivity index (χ1v) is 21.4. The molecule has 0 radical (unpaired) electrons. The fourth-order valence-corrected chi connectivity index (χ4v) is 7.25. The molecule has 4 N–H and O–H groups in total. The number of hydrogen-bond donors (Lipinski definition) is 3. The first kappa shape index (κ1) is 48.7. The first-order valence-electron chi connectivity index (χ1n) is 20.5. The molecule has 3 rings (SSSR count). The number of amides is 3. The lowest BCUT2D eigenvalue weighted by molar-refractivity contribution is -0.153. The molecule has 14 heteroatoms. The number of thiazole rings is 1. The standard InChI is InChI=1S/C45H66N6O7S/c1-12-29(4)38(49-44(56)45(7,8)50(9)10)41(53)51(11)36(28(2)3)25-37(58-43(55)31(6)46)40-48-35(27-59-40)39(52)47-34(24-32-19-15-13-16-20-32)23-30(5)42(54)57-26-33-21-17-14-18-22-33/h13-22,27-31,34,36-38H,12,23-26,46H2,1-11H3,(H,47,52)(H,49,56)/t29-,30-,31-,34+,36+,37+,38-/m0/s1.